The largest absolute Gasteiger partial charge is 0.480 e. The minimum atomic E-state index is -0.838. The Morgan fingerprint density at radius 1 is 1.29 bits per heavy atom. The normalized spacial score (nSPS) is 28.8. The number of carbonyl (C=O) groups excluding carboxylic acids is 1. The summed E-state index contributed by atoms with van der Waals surface area (Å²) in [6.45, 7) is 0. The van der Waals surface area contributed by atoms with Crippen molar-refractivity contribution in [2.24, 2.45) is 0 Å². The Hall–Kier alpha value is -1.92. The standard InChI is InChI=1S/C18H20N2O3S/c1-23-16-9-15(24-19-16)17(21)20-13-7-8-14(20)11-18(22,10-13)12-5-3-2-4-6-12/h2-6,9,13-14,22H,7-8,10-11H2,1H3. The fraction of sp³-hybridized carbons (Fsp3) is 0.444. The van der Waals surface area contributed by atoms with Gasteiger partial charge in [-0.1, -0.05) is 30.3 Å². The highest BCUT2D eigenvalue weighted by Gasteiger charge is 2.50. The van der Waals surface area contributed by atoms with Gasteiger partial charge in [-0.25, -0.2) is 0 Å². The van der Waals surface area contributed by atoms with Crippen molar-refractivity contribution in [1.29, 1.82) is 0 Å². The zero-order chi connectivity index (χ0) is 16.7. The van der Waals surface area contributed by atoms with Gasteiger partial charge in [-0.15, -0.1) is 0 Å². The summed E-state index contributed by atoms with van der Waals surface area (Å²) in [4.78, 5) is 15.5. The van der Waals surface area contributed by atoms with Crippen LogP contribution in [0.25, 0.3) is 0 Å². The zero-order valence-electron chi connectivity index (χ0n) is 13.5. The van der Waals surface area contributed by atoms with Crippen LogP contribution in [-0.4, -0.2) is 39.5 Å². The molecule has 2 aliphatic heterocycles. The van der Waals surface area contributed by atoms with Crippen molar-refractivity contribution < 1.29 is 14.6 Å². The highest BCUT2D eigenvalue weighted by molar-refractivity contribution is 7.08. The molecule has 1 aromatic carbocycles. The van der Waals surface area contributed by atoms with Crippen LogP contribution in [0, 0.1) is 0 Å². The van der Waals surface area contributed by atoms with Gasteiger partial charge < -0.3 is 14.7 Å². The molecule has 2 fully saturated rings. The first-order valence-corrected chi connectivity index (χ1v) is 8.99. The SMILES string of the molecule is COc1cc(C(=O)N2C3CCC2CC(O)(c2ccccc2)C3)sn1. The molecule has 1 aromatic heterocycles. The summed E-state index contributed by atoms with van der Waals surface area (Å²) in [5, 5.41) is 11.2. The van der Waals surface area contributed by atoms with Crippen LogP contribution in [0.15, 0.2) is 36.4 Å². The predicted molar refractivity (Wildman–Crippen MR) is 91.2 cm³/mol. The van der Waals surface area contributed by atoms with Crippen molar-refractivity contribution >= 4 is 17.4 Å². The van der Waals surface area contributed by atoms with E-state index in [1.807, 2.05) is 35.2 Å². The van der Waals surface area contributed by atoms with Gasteiger partial charge in [0.1, 0.15) is 4.88 Å². The van der Waals surface area contributed by atoms with Gasteiger partial charge in [0.2, 0.25) is 5.88 Å². The number of hydrogen-bond acceptors (Lipinski definition) is 5. The van der Waals surface area contributed by atoms with Gasteiger partial charge in [0.05, 0.1) is 12.7 Å². The molecule has 2 saturated heterocycles. The Morgan fingerprint density at radius 3 is 2.54 bits per heavy atom. The van der Waals surface area contributed by atoms with Gasteiger partial charge in [0.15, 0.2) is 0 Å². The Bertz CT molecular complexity index is 732. The molecular formula is C18H20N2O3S. The molecule has 2 unspecified atom stereocenters. The van der Waals surface area contributed by atoms with Crippen LogP contribution in [0.2, 0.25) is 0 Å². The van der Waals surface area contributed by atoms with Crippen molar-refractivity contribution in [3.05, 3.63) is 46.8 Å². The topological polar surface area (TPSA) is 62.7 Å². The van der Waals surface area contributed by atoms with Crippen LogP contribution in [0.1, 0.15) is 40.9 Å². The molecule has 0 spiro atoms. The van der Waals surface area contributed by atoms with Crippen LogP contribution < -0.4 is 4.74 Å². The Morgan fingerprint density at radius 2 is 1.96 bits per heavy atom. The molecule has 0 aliphatic carbocycles. The average Bonchev–Trinajstić information content (AvgIpc) is 3.19. The van der Waals surface area contributed by atoms with E-state index in [4.69, 9.17) is 4.74 Å². The monoisotopic (exact) mass is 344 g/mol. The fourth-order valence-corrected chi connectivity index (χ4v) is 4.78. The number of hydrogen-bond donors (Lipinski definition) is 1. The maximum absolute atomic E-state index is 12.9. The highest BCUT2D eigenvalue weighted by atomic mass is 32.1. The second-order valence-electron chi connectivity index (χ2n) is 6.64. The first-order valence-electron chi connectivity index (χ1n) is 8.22. The fourth-order valence-electron chi connectivity index (χ4n) is 4.12. The predicted octanol–water partition coefficient (Wildman–Crippen LogP) is 2.81. The van der Waals surface area contributed by atoms with Crippen LogP contribution in [-0.2, 0) is 5.60 Å². The van der Waals surface area contributed by atoms with Gasteiger partial charge in [-0.2, -0.15) is 4.37 Å². The Balaban J connectivity index is 1.58. The molecule has 2 aromatic rings. The van der Waals surface area contributed by atoms with Gasteiger partial charge >= 0.3 is 0 Å². The van der Waals surface area contributed by atoms with E-state index in [0.717, 1.165) is 18.4 Å². The number of methoxy groups -OCH3 is 1. The lowest BCUT2D eigenvalue weighted by atomic mass is 9.80. The molecule has 4 rings (SSSR count). The molecule has 5 nitrogen and oxygen atoms in total. The first-order chi connectivity index (χ1) is 11.6. The Labute approximate surface area is 145 Å². The smallest absolute Gasteiger partial charge is 0.266 e. The number of amides is 1. The van der Waals surface area contributed by atoms with E-state index < -0.39 is 5.60 Å². The van der Waals surface area contributed by atoms with Gasteiger partial charge in [-0.3, -0.25) is 4.79 Å². The van der Waals surface area contributed by atoms with E-state index in [9.17, 15) is 9.90 Å². The summed E-state index contributed by atoms with van der Waals surface area (Å²) < 4.78 is 9.20. The Kier molecular flexibility index (Phi) is 3.81. The van der Waals surface area contributed by atoms with Crippen LogP contribution in [0.4, 0.5) is 0 Å². The number of fused-ring (bicyclic) bond motifs is 2. The molecule has 1 amide bonds. The number of benzene rings is 1. The summed E-state index contributed by atoms with van der Waals surface area (Å²) in [6.07, 6.45) is 3.08. The molecule has 2 aliphatic rings. The molecule has 0 radical (unpaired) electrons. The van der Waals surface area contributed by atoms with Crippen molar-refractivity contribution in [3.8, 4) is 5.88 Å². The number of piperidine rings is 1. The van der Waals surface area contributed by atoms with Crippen LogP contribution >= 0.6 is 11.5 Å². The molecule has 1 N–H and O–H groups in total. The molecular weight excluding hydrogens is 324 g/mol. The van der Waals surface area contributed by atoms with Crippen molar-refractivity contribution in [1.82, 2.24) is 9.27 Å². The third kappa shape index (κ3) is 2.50. The van der Waals surface area contributed by atoms with Crippen molar-refractivity contribution in [3.63, 3.8) is 0 Å². The quantitative estimate of drug-likeness (QED) is 0.930. The molecule has 0 saturated carbocycles. The average molecular weight is 344 g/mol. The molecule has 2 atom stereocenters. The lowest BCUT2D eigenvalue weighted by Crippen LogP contribution is -2.51. The third-order valence-corrected chi connectivity index (χ3v) is 5.98. The molecule has 24 heavy (non-hydrogen) atoms. The van der Waals surface area contributed by atoms with Crippen LogP contribution in [0.3, 0.4) is 0 Å². The second kappa shape index (κ2) is 5.86. The number of nitrogens with zero attached hydrogens (tertiary/aromatic N) is 2. The van der Waals surface area contributed by atoms with Crippen molar-refractivity contribution in [2.75, 3.05) is 7.11 Å². The van der Waals surface area contributed by atoms with E-state index in [0.29, 0.717) is 23.6 Å². The summed E-state index contributed by atoms with van der Waals surface area (Å²) >= 11 is 1.18. The van der Waals surface area contributed by atoms with Crippen LogP contribution in [0.5, 0.6) is 5.88 Å². The van der Waals surface area contributed by atoms with Gasteiger partial charge in [-0.05, 0) is 29.9 Å². The molecule has 126 valence electrons. The van der Waals surface area contributed by atoms with E-state index in [1.54, 1.807) is 13.2 Å². The van der Waals surface area contributed by atoms with Gasteiger partial charge in [0.25, 0.3) is 5.91 Å². The summed E-state index contributed by atoms with van der Waals surface area (Å²) in [7, 11) is 1.55. The first kappa shape index (κ1) is 15.6. The summed E-state index contributed by atoms with van der Waals surface area (Å²) in [5.41, 5.74) is 0.114. The van der Waals surface area contributed by atoms with Crippen molar-refractivity contribution in [2.45, 2.75) is 43.4 Å². The van der Waals surface area contributed by atoms with E-state index in [2.05, 4.69) is 4.37 Å². The third-order valence-electron chi connectivity index (χ3n) is 5.22. The maximum atomic E-state index is 12.9. The minimum Gasteiger partial charge on any atom is -0.480 e. The van der Waals surface area contributed by atoms with Gasteiger partial charge in [0, 0.05) is 31.0 Å². The molecule has 6 heteroatoms. The molecule has 3 heterocycles. The lowest BCUT2D eigenvalue weighted by Gasteiger charge is -2.44. The maximum Gasteiger partial charge on any atom is 0.266 e. The number of aromatic nitrogens is 1. The number of carbonyl (C=O) groups is 1. The lowest BCUT2D eigenvalue weighted by molar-refractivity contribution is -0.0478. The highest BCUT2D eigenvalue weighted by Crippen LogP contribution is 2.46. The number of rotatable bonds is 3. The number of aliphatic hydroxyl groups is 1. The van der Waals surface area contributed by atoms with E-state index in [1.165, 1.54) is 11.5 Å². The molecule has 2 bridgehead atoms. The summed E-state index contributed by atoms with van der Waals surface area (Å²) in [5.74, 6) is 0.493. The summed E-state index contributed by atoms with van der Waals surface area (Å²) in [6, 6.07) is 11.7. The van der Waals surface area contributed by atoms with E-state index in [-0.39, 0.29) is 18.0 Å². The van der Waals surface area contributed by atoms with E-state index >= 15 is 0 Å². The number of ether oxygens (including phenoxy) is 1. The second-order valence-corrected chi connectivity index (χ2v) is 7.44. The zero-order valence-corrected chi connectivity index (χ0v) is 14.3. The minimum absolute atomic E-state index is 0.0124.